The molecule has 0 aliphatic carbocycles. The normalized spacial score (nSPS) is 12.0. The Hall–Kier alpha value is -2.33. The number of rotatable bonds is 7. The Labute approximate surface area is 144 Å². The van der Waals surface area contributed by atoms with E-state index in [4.69, 9.17) is 4.74 Å². The molecule has 1 amide bonds. The average Bonchev–Trinajstić information content (AvgIpc) is 2.59. The highest BCUT2D eigenvalue weighted by Crippen LogP contribution is 2.18. The number of benzene rings is 2. The quantitative estimate of drug-likeness (QED) is 0.850. The van der Waals surface area contributed by atoms with Gasteiger partial charge in [0.1, 0.15) is 5.75 Å². The van der Waals surface area contributed by atoms with Crippen LogP contribution in [0, 0.1) is 6.92 Å². The first kappa shape index (κ1) is 18.0. The number of carbonyl (C=O) groups excluding carboxylic acids is 1. The molecule has 0 heterocycles. The van der Waals surface area contributed by atoms with Crippen LogP contribution in [0.2, 0.25) is 0 Å². The number of hydrogen-bond donors (Lipinski definition) is 1. The van der Waals surface area contributed by atoms with Crippen molar-refractivity contribution in [3.05, 3.63) is 65.2 Å². The van der Waals surface area contributed by atoms with Crippen molar-refractivity contribution in [3.63, 3.8) is 0 Å². The maximum Gasteiger partial charge on any atom is 0.251 e. The lowest BCUT2D eigenvalue weighted by Crippen LogP contribution is -2.41. The number of methoxy groups -OCH3 is 1. The van der Waals surface area contributed by atoms with Gasteiger partial charge in [-0.25, -0.2) is 0 Å². The van der Waals surface area contributed by atoms with E-state index in [0.29, 0.717) is 12.1 Å². The van der Waals surface area contributed by atoms with Crippen molar-refractivity contribution in [2.45, 2.75) is 19.4 Å². The maximum atomic E-state index is 12.4. The van der Waals surface area contributed by atoms with Crippen LogP contribution in [0.4, 0.5) is 0 Å². The lowest BCUT2D eigenvalue weighted by Gasteiger charge is -2.25. The van der Waals surface area contributed by atoms with Crippen molar-refractivity contribution in [1.29, 1.82) is 0 Å². The van der Waals surface area contributed by atoms with Crippen LogP contribution in [-0.4, -0.2) is 44.6 Å². The van der Waals surface area contributed by atoms with Gasteiger partial charge in [-0.1, -0.05) is 36.4 Å². The van der Waals surface area contributed by atoms with Crippen molar-refractivity contribution in [1.82, 2.24) is 10.2 Å². The van der Waals surface area contributed by atoms with Crippen LogP contribution >= 0.6 is 0 Å². The van der Waals surface area contributed by atoms with Gasteiger partial charge >= 0.3 is 0 Å². The Kier molecular flexibility index (Phi) is 6.38. The van der Waals surface area contributed by atoms with E-state index in [1.807, 2.05) is 51.4 Å². The number of likely N-dealkylation sites (N-methyl/N-ethyl adjacent to an activating group) is 1. The van der Waals surface area contributed by atoms with E-state index in [1.165, 1.54) is 5.56 Å². The molecule has 2 rings (SSSR count). The number of hydrogen-bond acceptors (Lipinski definition) is 3. The second-order valence-corrected chi connectivity index (χ2v) is 6.20. The summed E-state index contributed by atoms with van der Waals surface area (Å²) in [7, 11) is 5.69. The minimum atomic E-state index is -0.0757. The van der Waals surface area contributed by atoms with Crippen molar-refractivity contribution < 1.29 is 9.53 Å². The van der Waals surface area contributed by atoms with E-state index >= 15 is 0 Å². The predicted molar refractivity (Wildman–Crippen MR) is 97.7 cm³/mol. The van der Waals surface area contributed by atoms with Crippen LogP contribution in [0.5, 0.6) is 5.75 Å². The third-order valence-corrected chi connectivity index (χ3v) is 4.21. The number of aryl methyl sites for hydroxylation is 1. The summed E-state index contributed by atoms with van der Waals surface area (Å²) in [5.41, 5.74) is 2.90. The first-order valence-electron chi connectivity index (χ1n) is 8.14. The summed E-state index contributed by atoms with van der Waals surface area (Å²) in [6.45, 7) is 2.55. The van der Waals surface area contributed by atoms with E-state index in [9.17, 15) is 4.79 Å². The van der Waals surface area contributed by atoms with Crippen LogP contribution in [0.25, 0.3) is 0 Å². The summed E-state index contributed by atoms with van der Waals surface area (Å²) < 4.78 is 5.29. The van der Waals surface area contributed by atoms with Gasteiger partial charge in [-0.05, 0) is 50.7 Å². The summed E-state index contributed by atoms with van der Waals surface area (Å²) in [4.78, 5) is 14.6. The standard InChI is InChI=1S/C20H26N2O2/c1-15-10-11-17(13-19(15)24-4)20(23)21-14-18(22(2)3)12-16-8-6-5-7-9-16/h5-11,13,18H,12,14H2,1-4H3,(H,21,23). The fourth-order valence-corrected chi connectivity index (χ4v) is 2.60. The number of nitrogens with zero attached hydrogens (tertiary/aromatic N) is 1. The molecule has 2 aromatic rings. The van der Waals surface area contributed by atoms with Crippen molar-refractivity contribution in [3.8, 4) is 5.75 Å². The fraction of sp³-hybridized carbons (Fsp3) is 0.350. The third kappa shape index (κ3) is 4.83. The van der Waals surface area contributed by atoms with Gasteiger partial charge in [0, 0.05) is 18.2 Å². The van der Waals surface area contributed by atoms with Crippen molar-refractivity contribution >= 4 is 5.91 Å². The molecule has 0 bridgehead atoms. The van der Waals surface area contributed by atoms with Gasteiger partial charge in [-0.2, -0.15) is 0 Å². The molecule has 2 aromatic carbocycles. The number of ether oxygens (including phenoxy) is 1. The molecular formula is C20H26N2O2. The van der Waals surface area contributed by atoms with E-state index in [1.54, 1.807) is 13.2 Å². The molecule has 128 valence electrons. The molecule has 4 nitrogen and oxygen atoms in total. The Bertz CT molecular complexity index is 669. The van der Waals surface area contributed by atoms with Crippen LogP contribution < -0.4 is 10.1 Å². The molecular weight excluding hydrogens is 300 g/mol. The van der Waals surface area contributed by atoms with Gasteiger partial charge in [0.05, 0.1) is 7.11 Å². The van der Waals surface area contributed by atoms with Gasteiger partial charge in [0.25, 0.3) is 5.91 Å². The van der Waals surface area contributed by atoms with Gasteiger partial charge < -0.3 is 15.0 Å². The molecule has 0 radical (unpaired) electrons. The Morgan fingerprint density at radius 1 is 1.17 bits per heavy atom. The molecule has 0 saturated heterocycles. The lowest BCUT2D eigenvalue weighted by molar-refractivity contribution is 0.0941. The van der Waals surface area contributed by atoms with E-state index < -0.39 is 0 Å². The first-order chi connectivity index (χ1) is 11.5. The summed E-state index contributed by atoms with van der Waals surface area (Å²) in [6.07, 6.45) is 0.894. The highest BCUT2D eigenvalue weighted by Gasteiger charge is 2.15. The highest BCUT2D eigenvalue weighted by atomic mass is 16.5. The minimum Gasteiger partial charge on any atom is -0.496 e. The molecule has 0 aliphatic heterocycles. The zero-order valence-corrected chi connectivity index (χ0v) is 14.9. The molecule has 4 heteroatoms. The fourth-order valence-electron chi connectivity index (χ4n) is 2.60. The van der Waals surface area contributed by atoms with Gasteiger partial charge in [0.15, 0.2) is 0 Å². The second-order valence-electron chi connectivity index (χ2n) is 6.20. The molecule has 1 atom stereocenters. The monoisotopic (exact) mass is 326 g/mol. The summed E-state index contributed by atoms with van der Waals surface area (Å²) >= 11 is 0. The zero-order chi connectivity index (χ0) is 17.5. The predicted octanol–water partition coefficient (Wildman–Crippen LogP) is 2.91. The molecule has 1 unspecified atom stereocenters. The van der Waals surface area contributed by atoms with Crippen LogP contribution in [0.3, 0.4) is 0 Å². The summed E-state index contributed by atoms with van der Waals surface area (Å²) in [5, 5.41) is 3.04. The molecule has 0 spiro atoms. The Morgan fingerprint density at radius 3 is 2.50 bits per heavy atom. The van der Waals surface area contributed by atoms with Crippen molar-refractivity contribution in [2.75, 3.05) is 27.7 Å². The van der Waals surface area contributed by atoms with Crippen molar-refractivity contribution in [2.24, 2.45) is 0 Å². The van der Waals surface area contributed by atoms with Crippen LogP contribution in [0.1, 0.15) is 21.5 Å². The highest BCUT2D eigenvalue weighted by molar-refractivity contribution is 5.94. The van der Waals surface area contributed by atoms with Gasteiger partial charge in [-0.15, -0.1) is 0 Å². The number of carbonyl (C=O) groups is 1. The number of amides is 1. The van der Waals surface area contributed by atoms with E-state index in [0.717, 1.165) is 17.7 Å². The number of nitrogens with one attached hydrogen (secondary N) is 1. The molecule has 0 fully saturated rings. The molecule has 24 heavy (non-hydrogen) atoms. The molecule has 0 aliphatic rings. The summed E-state index contributed by atoms with van der Waals surface area (Å²) in [6, 6.07) is 16.1. The van der Waals surface area contributed by atoms with E-state index in [-0.39, 0.29) is 11.9 Å². The Morgan fingerprint density at radius 2 is 1.88 bits per heavy atom. The van der Waals surface area contributed by atoms with E-state index in [2.05, 4.69) is 22.3 Å². The minimum absolute atomic E-state index is 0.0757. The molecule has 0 saturated carbocycles. The lowest BCUT2D eigenvalue weighted by atomic mass is 10.0. The van der Waals surface area contributed by atoms with Gasteiger partial charge in [0.2, 0.25) is 0 Å². The third-order valence-electron chi connectivity index (χ3n) is 4.21. The van der Waals surface area contributed by atoms with Crippen LogP contribution in [-0.2, 0) is 6.42 Å². The SMILES string of the molecule is COc1cc(C(=O)NCC(Cc2ccccc2)N(C)C)ccc1C. The average molecular weight is 326 g/mol. The van der Waals surface area contributed by atoms with Gasteiger partial charge in [-0.3, -0.25) is 4.79 Å². The van der Waals surface area contributed by atoms with Crippen LogP contribution in [0.15, 0.2) is 48.5 Å². The second kappa shape index (κ2) is 8.50. The topological polar surface area (TPSA) is 41.6 Å². The first-order valence-corrected chi connectivity index (χ1v) is 8.14. The smallest absolute Gasteiger partial charge is 0.251 e. The zero-order valence-electron chi connectivity index (χ0n) is 14.9. The maximum absolute atomic E-state index is 12.4. The summed E-state index contributed by atoms with van der Waals surface area (Å²) in [5.74, 6) is 0.657. The molecule has 1 N–H and O–H groups in total. The Balaban J connectivity index is 2.00. The largest absolute Gasteiger partial charge is 0.496 e. The molecule has 0 aromatic heterocycles.